The molecule has 1 aromatic heterocycles. The van der Waals surface area contributed by atoms with Crippen LogP contribution in [0.2, 0.25) is 0 Å². The van der Waals surface area contributed by atoms with Crippen LogP contribution in [-0.4, -0.2) is 47.7 Å². The van der Waals surface area contributed by atoms with E-state index < -0.39 is 10.0 Å². The van der Waals surface area contributed by atoms with Crippen molar-refractivity contribution in [3.63, 3.8) is 0 Å². The Balaban J connectivity index is 1.67. The minimum absolute atomic E-state index is 0.0788. The lowest BCUT2D eigenvalue weighted by molar-refractivity contribution is 0.101. The molecule has 132 valence electrons. The zero-order valence-electron chi connectivity index (χ0n) is 13.8. The molecule has 0 amide bonds. The molecule has 0 aliphatic carbocycles. The van der Waals surface area contributed by atoms with E-state index >= 15 is 0 Å². The first-order chi connectivity index (χ1) is 12.0. The summed E-state index contributed by atoms with van der Waals surface area (Å²) in [6.45, 7) is 2.15. The van der Waals surface area contributed by atoms with Crippen LogP contribution in [0.15, 0.2) is 47.8 Å². The number of hydrogen-bond donors (Lipinski definition) is 0. The van der Waals surface area contributed by atoms with Gasteiger partial charge in [0, 0.05) is 30.9 Å². The highest BCUT2D eigenvalue weighted by molar-refractivity contribution is 7.89. The predicted octanol–water partition coefficient (Wildman–Crippen LogP) is 1.91. The largest absolute Gasteiger partial charge is 0.474 e. The van der Waals surface area contributed by atoms with E-state index in [9.17, 15) is 13.2 Å². The van der Waals surface area contributed by atoms with Crippen LogP contribution in [-0.2, 0) is 10.0 Å². The van der Waals surface area contributed by atoms with E-state index in [1.165, 1.54) is 29.7 Å². The molecule has 2 aromatic rings. The first-order valence-electron chi connectivity index (χ1n) is 8.00. The minimum Gasteiger partial charge on any atom is -0.474 e. The Morgan fingerprint density at radius 1 is 1.24 bits per heavy atom. The Morgan fingerprint density at radius 3 is 2.64 bits per heavy atom. The quantitative estimate of drug-likeness (QED) is 0.756. The van der Waals surface area contributed by atoms with Gasteiger partial charge in [-0.3, -0.25) is 4.79 Å². The molecule has 0 N–H and O–H groups in total. The van der Waals surface area contributed by atoms with E-state index in [-0.39, 0.29) is 16.8 Å². The monoisotopic (exact) mass is 361 g/mol. The summed E-state index contributed by atoms with van der Waals surface area (Å²) in [6.07, 6.45) is 4.09. The van der Waals surface area contributed by atoms with Gasteiger partial charge in [0.25, 0.3) is 0 Å². The van der Waals surface area contributed by atoms with E-state index in [2.05, 4.69) is 9.97 Å². The Labute approximate surface area is 146 Å². The van der Waals surface area contributed by atoms with Crippen molar-refractivity contribution < 1.29 is 17.9 Å². The zero-order valence-corrected chi connectivity index (χ0v) is 14.6. The lowest BCUT2D eigenvalue weighted by Gasteiger charge is -2.31. The summed E-state index contributed by atoms with van der Waals surface area (Å²) in [6, 6.07) is 7.83. The summed E-state index contributed by atoms with van der Waals surface area (Å²) >= 11 is 0. The molecule has 0 saturated carbocycles. The van der Waals surface area contributed by atoms with E-state index in [4.69, 9.17) is 4.74 Å². The van der Waals surface area contributed by atoms with Crippen LogP contribution in [0.3, 0.4) is 0 Å². The van der Waals surface area contributed by atoms with Gasteiger partial charge < -0.3 is 4.74 Å². The summed E-state index contributed by atoms with van der Waals surface area (Å²) in [5.41, 5.74) is 0.392. The van der Waals surface area contributed by atoms with Gasteiger partial charge in [0.15, 0.2) is 5.78 Å². The van der Waals surface area contributed by atoms with E-state index in [1.807, 2.05) is 0 Å². The van der Waals surface area contributed by atoms with Crippen molar-refractivity contribution >= 4 is 15.8 Å². The molecule has 8 heteroatoms. The highest BCUT2D eigenvalue weighted by atomic mass is 32.2. The summed E-state index contributed by atoms with van der Waals surface area (Å²) in [4.78, 5) is 19.5. The molecule has 0 unspecified atom stereocenters. The van der Waals surface area contributed by atoms with Gasteiger partial charge in [0.2, 0.25) is 15.9 Å². The second kappa shape index (κ2) is 7.28. The summed E-state index contributed by atoms with van der Waals surface area (Å²) in [7, 11) is -3.61. The second-order valence-corrected chi connectivity index (χ2v) is 7.79. The molecular weight excluding hydrogens is 342 g/mol. The molecule has 0 radical (unpaired) electrons. The third kappa shape index (κ3) is 4.02. The van der Waals surface area contributed by atoms with Crippen molar-refractivity contribution in [1.82, 2.24) is 14.3 Å². The highest BCUT2D eigenvalue weighted by Gasteiger charge is 2.30. The van der Waals surface area contributed by atoms with E-state index in [1.54, 1.807) is 24.4 Å². The number of benzene rings is 1. The average Bonchev–Trinajstić information content (AvgIpc) is 2.63. The lowest BCUT2D eigenvalue weighted by Crippen LogP contribution is -2.41. The lowest BCUT2D eigenvalue weighted by atomic mass is 10.1. The molecule has 1 saturated heterocycles. The Morgan fingerprint density at radius 2 is 2.00 bits per heavy atom. The average molecular weight is 361 g/mol. The van der Waals surface area contributed by atoms with Gasteiger partial charge in [-0.25, -0.2) is 18.4 Å². The number of nitrogens with zero attached hydrogens (tertiary/aromatic N) is 3. The number of ether oxygens (including phenoxy) is 1. The number of rotatable bonds is 5. The van der Waals surface area contributed by atoms with Gasteiger partial charge in [-0.2, -0.15) is 4.31 Å². The summed E-state index contributed by atoms with van der Waals surface area (Å²) < 4.78 is 32.8. The van der Waals surface area contributed by atoms with Crippen LogP contribution >= 0.6 is 0 Å². The number of sulfonamides is 1. The molecular formula is C17H19N3O4S. The molecule has 0 bridgehead atoms. The van der Waals surface area contributed by atoms with Crippen molar-refractivity contribution in [2.75, 3.05) is 13.1 Å². The van der Waals surface area contributed by atoms with Crippen molar-refractivity contribution in [2.45, 2.75) is 30.8 Å². The first kappa shape index (κ1) is 17.5. The first-order valence-corrected chi connectivity index (χ1v) is 9.44. The van der Waals surface area contributed by atoms with Gasteiger partial charge in [-0.05, 0) is 31.9 Å². The third-order valence-electron chi connectivity index (χ3n) is 4.12. The van der Waals surface area contributed by atoms with Crippen molar-refractivity contribution in [3.05, 3.63) is 48.4 Å². The van der Waals surface area contributed by atoms with Crippen LogP contribution in [0.25, 0.3) is 0 Å². The number of carbonyl (C=O) groups is 1. The van der Waals surface area contributed by atoms with E-state index in [0.717, 1.165) is 0 Å². The van der Waals surface area contributed by atoms with Crippen molar-refractivity contribution in [1.29, 1.82) is 0 Å². The van der Waals surface area contributed by atoms with Crippen molar-refractivity contribution in [3.8, 4) is 5.88 Å². The molecule has 25 heavy (non-hydrogen) atoms. The molecule has 0 spiro atoms. The molecule has 3 rings (SSSR count). The number of aromatic nitrogens is 2. The fourth-order valence-corrected chi connectivity index (χ4v) is 4.25. The molecule has 1 fully saturated rings. The predicted molar refractivity (Wildman–Crippen MR) is 90.9 cm³/mol. The smallest absolute Gasteiger partial charge is 0.243 e. The van der Waals surface area contributed by atoms with Crippen LogP contribution in [0.1, 0.15) is 30.1 Å². The standard InChI is InChI=1S/C17H19N3O4S/c1-13(21)14-3-2-4-16(11-14)25(22,23)20-9-6-15(7-10-20)24-17-5-8-18-12-19-17/h2-5,8,11-12,15H,6-7,9-10H2,1H3. The molecule has 1 aromatic carbocycles. The van der Waals surface area contributed by atoms with Crippen molar-refractivity contribution in [2.24, 2.45) is 0 Å². The number of piperidine rings is 1. The molecule has 7 nitrogen and oxygen atoms in total. The van der Waals surface area contributed by atoms with Gasteiger partial charge in [-0.15, -0.1) is 0 Å². The zero-order chi connectivity index (χ0) is 17.9. The number of hydrogen-bond acceptors (Lipinski definition) is 6. The minimum atomic E-state index is -3.61. The topological polar surface area (TPSA) is 89.5 Å². The summed E-state index contributed by atoms with van der Waals surface area (Å²) in [5.74, 6) is 0.333. The number of ketones is 1. The highest BCUT2D eigenvalue weighted by Crippen LogP contribution is 2.23. The fourth-order valence-electron chi connectivity index (χ4n) is 2.73. The van der Waals surface area contributed by atoms with Gasteiger partial charge in [0.1, 0.15) is 12.4 Å². The maximum absolute atomic E-state index is 12.8. The second-order valence-electron chi connectivity index (χ2n) is 5.85. The van der Waals surface area contributed by atoms with Crippen LogP contribution in [0.5, 0.6) is 5.88 Å². The van der Waals surface area contributed by atoms with Gasteiger partial charge in [-0.1, -0.05) is 12.1 Å². The van der Waals surface area contributed by atoms with Gasteiger partial charge >= 0.3 is 0 Å². The SMILES string of the molecule is CC(=O)c1cccc(S(=O)(=O)N2CCC(Oc3ccncn3)CC2)c1. The maximum atomic E-state index is 12.8. The Bertz CT molecular complexity index is 847. The van der Waals surface area contributed by atoms with E-state index in [0.29, 0.717) is 37.4 Å². The van der Waals surface area contributed by atoms with Gasteiger partial charge in [0.05, 0.1) is 4.90 Å². The Hall–Kier alpha value is -2.32. The molecule has 1 aliphatic heterocycles. The molecule has 0 atom stereocenters. The maximum Gasteiger partial charge on any atom is 0.243 e. The number of Topliss-reactive ketones (excluding diaryl/α,β-unsaturated/α-hetero) is 1. The normalized spacial score (nSPS) is 16.5. The van der Waals surface area contributed by atoms with Crippen LogP contribution in [0.4, 0.5) is 0 Å². The molecule has 2 heterocycles. The van der Waals surface area contributed by atoms with Crippen LogP contribution in [0, 0.1) is 0 Å². The molecule has 1 aliphatic rings. The Kier molecular flexibility index (Phi) is 5.10. The summed E-state index contributed by atoms with van der Waals surface area (Å²) in [5, 5.41) is 0. The fraction of sp³-hybridized carbons (Fsp3) is 0.353. The van der Waals surface area contributed by atoms with Crippen LogP contribution < -0.4 is 4.74 Å². The number of carbonyl (C=O) groups excluding carboxylic acids is 1. The third-order valence-corrected chi connectivity index (χ3v) is 6.02.